The number of hydrogen-bond donors (Lipinski definition) is 0. The van der Waals surface area contributed by atoms with Crippen LogP contribution in [0.4, 0.5) is 0 Å². The summed E-state index contributed by atoms with van der Waals surface area (Å²) in [5, 5.41) is 114. The van der Waals surface area contributed by atoms with E-state index in [1.165, 1.54) is 0 Å². The van der Waals surface area contributed by atoms with Crippen molar-refractivity contribution in [1.82, 2.24) is 0 Å². The Morgan fingerprint density at radius 3 is 0.254 bits per heavy atom. The van der Waals surface area contributed by atoms with E-state index in [2.05, 4.69) is 28.4 Å². The van der Waals surface area contributed by atoms with E-state index in [4.69, 9.17) is 0 Å². The van der Waals surface area contributed by atoms with Crippen LogP contribution in [-0.4, -0.2) is 330 Å². The second kappa shape index (κ2) is 114. The Hall–Kier alpha value is -1.09. The molecule has 0 bridgehead atoms. The van der Waals surface area contributed by atoms with Crippen LogP contribution in [0.5, 0.6) is 0 Å². The summed E-state index contributed by atoms with van der Waals surface area (Å²) in [5.41, 5.74) is 0. The van der Waals surface area contributed by atoms with Crippen molar-refractivity contribution in [3.05, 3.63) is 0 Å². The number of rotatable bonds is 24. The largest absolute Gasteiger partial charge is 3.00 e. The van der Waals surface area contributed by atoms with Gasteiger partial charge in [0.25, 0.3) is 0 Å². The third kappa shape index (κ3) is 253. The maximum absolute atomic E-state index is 9.53. The van der Waals surface area contributed by atoms with Crippen LogP contribution >= 0.6 is 0 Å². The van der Waals surface area contributed by atoms with Crippen molar-refractivity contribution in [3.63, 3.8) is 0 Å². The van der Waals surface area contributed by atoms with Gasteiger partial charge in [-0.3, -0.25) is 0 Å². The van der Waals surface area contributed by atoms with E-state index in [0.717, 1.165) is 0 Å². The Labute approximate surface area is 535 Å². The number of carboxylic acids is 12. The molecule has 0 aromatic heterocycles. The monoisotopic (exact) mass is 1310 g/mol. The smallest absolute Gasteiger partial charge is 0.548 e. The van der Waals surface area contributed by atoms with E-state index < -0.39 is 151 Å². The normalized spacial score (nSPS) is 6.76. The molecule has 0 heterocycles. The molecule has 0 radical (unpaired) electrons. The van der Waals surface area contributed by atoms with Crippen LogP contribution in [0, 0.1) is 0 Å². The van der Waals surface area contributed by atoms with E-state index in [0.29, 0.717) is 0 Å². The molecule has 0 atom stereocenters. The summed E-state index contributed by atoms with van der Waals surface area (Å²) in [6, 6.07) is 0. The fraction of sp³-hybridized carbons (Fsp3) is 0.500. The minimum atomic E-state index is -1.45. The maximum Gasteiger partial charge on any atom is 3.00 e. The molecular formula is C24H48Ca3O42Y2. The molecule has 0 saturated carbocycles. The standard InChI is InChI=1S/6C4H6O5.3Ca.12H2O.2Y/c6*5-3(6)1-9-2-4(7)8;;;;;;;;;;;;;;;;;/h6*1-2H2,(H,5,6)(H,7,8);;;;12*1H2;;/q;;;;;;3*+2;;;;;;;;;;;;;2*+3/p-12. The second-order valence-corrected chi connectivity index (χ2v) is 7.42. The van der Waals surface area contributed by atoms with Gasteiger partial charge in [-0.1, -0.05) is 0 Å². The van der Waals surface area contributed by atoms with Gasteiger partial charge in [-0.2, -0.15) is 0 Å². The zero-order chi connectivity index (χ0) is 43.7. The van der Waals surface area contributed by atoms with Crippen molar-refractivity contribution in [1.29, 1.82) is 0 Å². The summed E-state index contributed by atoms with van der Waals surface area (Å²) in [5.74, 6) is -17.4. The maximum atomic E-state index is 9.53. The van der Waals surface area contributed by atoms with Gasteiger partial charge in [0.05, 0.1) is 151 Å². The number of aliphatic carboxylic acids is 12. The fourth-order valence-corrected chi connectivity index (χ4v) is 1.31. The van der Waals surface area contributed by atoms with Crippen LogP contribution in [0.15, 0.2) is 0 Å². The third-order valence-electron chi connectivity index (χ3n) is 2.64. The third-order valence-corrected chi connectivity index (χ3v) is 2.64. The molecule has 47 heteroatoms. The molecule has 0 aliphatic carbocycles. The van der Waals surface area contributed by atoms with E-state index >= 15 is 0 Å². The van der Waals surface area contributed by atoms with Gasteiger partial charge in [-0.25, -0.2) is 0 Å². The predicted octanol–water partition coefficient (Wildman–Crippen LogP) is -32.0. The Morgan fingerprint density at radius 1 is 0.183 bits per heavy atom. The van der Waals surface area contributed by atoms with Crippen LogP contribution in [0.1, 0.15) is 0 Å². The van der Waals surface area contributed by atoms with Crippen LogP contribution in [0.2, 0.25) is 0 Å². The van der Waals surface area contributed by atoms with Crippen molar-refractivity contribution in [2.45, 2.75) is 0 Å². The molecule has 0 rings (SSSR count). The number of carbonyl (C=O) groups is 12. The van der Waals surface area contributed by atoms with Crippen LogP contribution in [0.3, 0.4) is 0 Å². The molecule has 0 spiro atoms. The predicted molar refractivity (Wildman–Crippen MR) is 186 cm³/mol. The first-order valence-electron chi connectivity index (χ1n) is 12.6. The van der Waals surface area contributed by atoms with E-state index in [9.17, 15) is 119 Å². The first-order chi connectivity index (χ1) is 24.8. The summed E-state index contributed by atoms with van der Waals surface area (Å²) in [6.45, 7) is -8.57. The van der Waals surface area contributed by atoms with Crippen LogP contribution < -0.4 is 61.3 Å². The number of carboxylic acid groups (broad SMARTS) is 12. The molecule has 0 aliphatic heterocycles. The van der Waals surface area contributed by atoms with Crippen molar-refractivity contribution >= 4 is 185 Å². The minimum Gasteiger partial charge on any atom is -0.548 e. The van der Waals surface area contributed by atoms with Gasteiger partial charge >= 0.3 is 179 Å². The molecule has 0 amide bonds. The Bertz CT molecular complexity index is 897. The second-order valence-electron chi connectivity index (χ2n) is 7.42. The van der Waals surface area contributed by atoms with E-state index in [-0.39, 0.29) is 244 Å². The zero-order valence-corrected chi connectivity index (χ0v) is 48.3. The van der Waals surface area contributed by atoms with Crippen molar-refractivity contribution in [2.75, 3.05) is 79.3 Å². The van der Waals surface area contributed by atoms with Gasteiger partial charge in [0.1, 0.15) is 0 Å². The Balaban J connectivity index is -0.0000000177. The molecule has 408 valence electrons. The molecule has 0 aromatic rings. The number of carbonyl (C=O) groups excluding carboxylic acids is 12. The summed E-state index contributed by atoms with van der Waals surface area (Å²) in [4.78, 5) is 114. The molecular weight excluding hydrogens is 1260 g/mol. The van der Waals surface area contributed by atoms with Crippen molar-refractivity contribution < 1.29 is 278 Å². The molecule has 0 saturated heterocycles. The average molecular weight is 1310 g/mol. The minimum absolute atomic E-state index is 0. The van der Waals surface area contributed by atoms with Gasteiger partial charge in [-0.05, 0) is 0 Å². The van der Waals surface area contributed by atoms with Crippen molar-refractivity contribution in [2.24, 2.45) is 0 Å². The number of hydrogen-bond acceptors (Lipinski definition) is 30. The molecule has 42 nitrogen and oxygen atoms in total. The molecule has 0 aromatic carbocycles. The average Bonchev–Trinajstić information content (AvgIpc) is 2.96. The van der Waals surface area contributed by atoms with Gasteiger partial charge in [0.2, 0.25) is 0 Å². The van der Waals surface area contributed by atoms with E-state index in [1.807, 2.05) is 0 Å². The summed E-state index contributed by atoms with van der Waals surface area (Å²) in [7, 11) is 0. The Morgan fingerprint density at radius 2 is 0.225 bits per heavy atom. The molecule has 0 aliphatic rings. The van der Waals surface area contributed by atoms with Gasteiger partial charge in [0, 0.05) is 0 Å². The molecule has 0 unspecified atom stereocenters. The van der Waals surface area contributed by atoms with Crippen molar-refractivity contribution in [3.8, 4) is 0 Å². The van der Waals surface area contributed by atoms with Gasteiger partial charge in [0.15, 0.2) is 0 Å². The fourth-order valence-electron chi connectivity index (χ4n) is 1.31. The molecule has 0 fully saturated rings. The quantitative estimate of drug-likeness (QED) is 0.0810. The zero-order valence-electron chi connectivity index (χ0n) is 36.0. The van der Waals surface area contributed by atoms with Gasteiger partial charge in [-0.15, -0.1) is 0 Å². The van der Waals surface area contributed by atoms with Crippen LogP contribution in [-0.2, 0) is 151 Å². The summed E-state index contributed by atoms with van der Waals surface area (Å²) >= 11 is 0. The summed E-state index contributed by atoms with van der Waals surface area (Å²) < 4.78 is 24.2. The first-order valence-corrected chi connectivity index (χ1v) is 12.6. The Kier molecular flexibility index (Phi) is 241. The summed E-state index contributed by atoms with van der Waals surface area (Å²) in [6.07, 6.45) is 0. The SMILES string of the molecule is O.O.O.O.O.O.O.O.O.O.O.O.O=C([O-])COCC(=O)[O-].O=C([O-])COCC(=O)[O-].O=C([O-])COCC(=O)[O-].O=C([O-])COCC(=O)[O-].O=C([O-])COCC(=O)[O-].O=C([O-])COCC(=O)[O-].[Ca+2].[Ca+2].[Ca+2].[Y+3].[Y+3]. The van der Waals surface area contributed by atoms with E-state index in [1.54, 1.807) is 0 Å². The molecule has 24 N–H and O–H groups in total. The molecule has 71 heavy (non-hydrogen) atoms. The number of ether oxygens (including phenoxy) is 6. The van der Waals surface area contributed by atoms with Crippen LogP contribution in [0.25, 0.3) is 0 Å². The van der Waals surface area contributed by atoms with Gasteiger partial charge < -0.3 is 213 Å². The topological polar surface area (TPSA) is 915 Å². The first kappa shape index (κ1) is 151.